The number of amides is 1. The van der Waals surface area contributed by atoms with Crippen molar-refractivity contribution in [1.82, 2.24) is 35.2 Å². The second-order valence-corrected chi connectivity index (χ2v) is 8.09. The topological polar surface area (TPSA) is 90.7 Å². The molecule has 28 heavy (non-hydrogen) atoms. The van der Waals surface area contributed by atoms with Gasteiger partial charge in [-0.05, 0) is 33.1 Å². The molecule has 2 N–H and O–H groups in total. The number of carbonyl (C=O) groups excluding carboxylic acids is 1. The van der Waals surface area contributed by atoms with Gasteiger partial charge in [-0.2, -0.15) is 0 Å². The van der Waals surface area contributed by atoms with Crippen molar-refractivity contribution in [1.29, 1.82) is 0 Å². The van der Waals surface area contributed by atoms with Crippen molar-refractivity contribution in [3.05, 3.63) is 11.6 Å². The van der Waals surface area contributed by atoms with Crippen LogP contribution in [0.5, 0.6) is 0 Å². The third-order valence-electron chi connectivity index (χ3n) is 5.48. The average molecular weight is 391 g/mol. The minimum absolute atomic E-state index is 0.104. The van der Waals surface area contributed by atoms with Gasteiger partial charge in [0.1, 0.15) is 11.6 Å². The first-order chi connectivity index (χ1) is 13.5. The van der Waals surface area contributed by atoms with E-state index in [4.69, 9.17) is 0 Å². The molecule has 1 atom stereocenters. The lowest BCUT2D eigenvalue weighted by molar-refractivity contribution is -0.123. The molecule has 0 bridgehead atoms. The van der Waals surface area contributed by atoms with Crippen molar-refractivity contribution in [2.24, 2.45) is 10.9 Å². The molecule has 1 saturated heterocycles. The quantitative estimate of drug-likeness (QED) is 0.538. The number of nitrogens with one attached hydrogen (secondary N) is 2. The summed E-state index contributed by atoms with van der Waals surface area (Å²) in [6, 6.07) is 0.189. The van der Waals surface area contributed by atoms with Crippen LogP contribution in [-0.4, -0.2) is 88.8 Å². The van der Waals surface area contributed by atoms with Crippen LogP contribution >= 0.6 is 0 Å². The van der Waals surface area contributed by atoms with E-state index in [2.05, 4.69) is 40.2 Å². The highest BCUT2D eigenvalue weighted by atomic mass is 16.2. The van der Waals surface area contributed by atoms with E-state index in [-0.39, 0.29) is 11.9 Å². The fourth-order valence-corrected chi connectivity index (χ4v) is 3.95. The Kier molecular flexibility index (Phi) is 6.88. The molecule has 0 saturated carbocycles. The molecule has 0 aromatic carbocycles. The monoisotopic (exact) mass is 390 g/mol. The molecule has 3 heterocycles. The summed E-state index contributed by atoms with van der Waals surface area (Å²) in [4.78, 5) is 20.9. The van der Waals surface area contributed by atoms with Gasteiger partial charge >= 0.3 is 0 Å². The van der Waals surface area contributed by atoms with Crippen molar-refractivity contribution in [3.8, 4) is 0 Å². The Morgan fingerprint density at radius 3 is 2.68 bits per heavy atom. The molecule has 1 aromatic heterocycles. The summed E-state index contributed by atoms with van der Waals surface area (Å²) in [6.45, 7) is 11.9. The molecule has 1 aromatic rings. The van der Waals surface area contributed by atoms with E-state index < -0.39 is 0 Å². The first-order valence-corrected chi connectivity index (χ1v) is 10.3. The molecule has 1 unspecified atom stereocenters. The number of carbonyl (C=O) groups is 1. The number of piperazine rings is 1. The average Bonchev–Trinajstić information content (AvgIpc) is 3.03. The van der Waals surface area contributed by atoms with E-state index in [1.54, 1.807) is 0 Å². The molecule has 1 fully saturated rings. The Bertz CT molecular complexity index is 690. The van der Waals surface area contributed by atoms with Crippen molar-refractivity contribution in [2.45, 2.75) is 46.2 Å². The van der Waals surface area contributed by atoms with Gasteiger partial charge in [-0.3, -0.25) is 14.7 Å². The predicted molar refractivity (Wildman–Crippen MR) is 109 cm³/mol. The van der Waals surface area contributed by atoms with Crippen molar-refractivity contribution in [2.75, 3.05) is 46.3 Å². The van der Waals surface area contributed by atoms with Crippen LogP contribution in [0.15, 0.2) is 4.99 Å². The maximum atomic E-state index is 11.9. The largest absolute Gasteiger partial charge is 0.356 e. The highest BCUT2D eigenvalue weighted by Crippen LogP contribution is 2.19. The Morgan fingerprint density at radius 2 is 2.00 bits per heavy atom. The molecule has 1 amide bonds. The molecular weight excluding hydrogens is 356 g/mol. The number of hydrogen-bond acceptors (Lipinski definition) is 5. The van der Waals surface area contributed by atoms with Crippen molar-refractivity contribution < 1.29 is 4.79 Å². The molecule has 0 radical (unpaired) electrons. The summed E-state index contributed by atoms with van der Waals surface area (Å²) < 4.78 is 2.24. The Hall–Kier alpha value is -2.16. The molecule has 2 aliphatic heterocycles. The third-order valence-corrected chi connectivity index (χ3v) is 5.48. The van der Waals surface area contributed by atoms with Crippen LogP contribution in [0, 0.1) is 12.8 Å². The number of aliphatic imine (C=N–C) groups is 1. The number of nitrogens with zero attached hydrogens (tertiary/aromatic N) is 6. The number of aromatic nitrogens is 3. The minimum Gasteiger partial charge on any atom is -0.356 e. The first-order valence-electron chi connectivity index (χ1n) is 10.3. The van der Waals surface area contributed by atoms with Gasteiger partial charge in [0, 0.05) is 58.8 Å². The number of hydrogen-bond donors (Lipinski definition) is 2. The lowest BCUT2D eigenvalue weighted by Crippen LogP contribution is -2.54. The predicted octanol–water partition coefficient (Wildman–Crippen LogP) is -0.133. The van der Waals surface area contributed by atoms with Gasteiger partial charge in [0.25, 0.3) is 0 Å². The van der Waals surface area contributed by atoms with E-state index >= 15 is 0 Å². The Labute approximate surface area is 167 Å². The van der Waals surface area contributed by atoms with Crippen LogP contribution in [0.25, 0.3) is 0 Å². The molecule has 3 rings (SSSR count). The van der Waals surface area contributed by atoms with E-state index in [1.165, 1.54) is 0 Å². The third kappa shape index (κ3) is 5.21. The zero-order valence-electron chi connectivity index (χ0n) is 17.6. The molecule has 156 valence electrons. The summed E-state index contributed by atoms with van der Waals surface area (Å²) in [5.41, 5.74) is 0. The number of rotatable bonds is 5. The SMILES string of the molecule is CN=C(NCC1CCc2nnc(C)n2C1)N1CCN(CC(=O)NC(C)C)CC1. The standard InChI is InChI=1S/C19H34N8O/c1-14(2)22-18(28)13-25-7-9-26(10-8-25)19(20-4)21-11-16-5-6-17-24-23-15(3)27(17)12-16/h14,16H,5-13H2,1-4H3,(H,20,21)(H,22,28). The maximum absolute atomic E-state index is 11.9. The van der Waals surface area contributed by atoms with Crippen LogP contribution in [-0.2, 0) is 17.8 Å². The van der Waals surface area contributed by atoms with Crippen molar-refractivity contribution >= 4 is 11.9 Å². The van der Waals surface area contributed by atoms with Crippen LogP contribution in [0.3, 0.4) is 0 Å². The van der Waals surface area contributed by atoms with Gasteiger partial charge in [-0.1, -0.05) is 0 Å². The van der Waals surface area contributed by atoms with Gasteiger partial charge in [-0.25, -0.2) is 0 Å². The maximum Gasteiger partial charge on any atom is 0.234 e. The zero-order chi connectivity index (χ0) is 20.1. The molecule has 2 aliphatic rings. The Morgan fingerprint density at radius 1 is 1.25 bits per heavy atom. The fraction of sp³-hybridized carbons (Fsp3) is 0.789. The summed E-state index contributed by atoms with van der Waals surface area (Å²) in [5.74, 6) is 3.72. The molecule has 0 spiro atoms. The van der Waals surface area contributed by atoms with Gasteiger partial charge in [0.05, 0.1) is 6.54 Å². The fourth-order valence-electron chi connectivity index (χ4n) is 3.95. The lowest BCUT2D eigenvalue weighted by Gasteiger charge is -2.36. The highest BCUT2D eigenvalue weighted by molar-refractivity contribution is 5.80. The van der Waals surface area contributed by atoms with Gasteiger partial charge in [-0.15, -0.1) is 10.2 Å². The number of aryl methyl sites for hydroxylation is 2. The van der Waals surface area contributed by atoms with Crippen LogP contribution < -0.4 is 10.6 Å². The molecule has 9 nitrogen and oxygen atoms in total. The van der Waals surface area contributed by atoms with E-state index in [1.807, 2.05) is 27.8 Å². The number of fused-ring (bicyclic) bond motifs is 1. The minimum atomic E-state index is 0.104. The number of guanidine groups is 1. The van der Waals surface area contributed by atoms with Gasteiger partial charge in [0.15, 0.2) is 5.96 Å². The summed E-state index contributed by atoms with van der Waals surface area (Å²) >= 11 is 0. The Balaban J connectivity index is 1.43. The lowest BCUT2D eigenvalue weighted by atomic mass is 9.99. The van der Waals surface area contributed by atoms with E-state index in [0.29, 0.717) is 12.5 Å². The molecule has 9 heteroatoms. The van der Waals surface area contributed by atoms with Gasteiger partial charge in [0.2, 0.25) is 5.91 Å². The van der Waals surface area contributed by atoms with Crippen LogP contribution in [0.4, 0.5) is 0 Å². The van der Waals surface area contributed by atoms with Crippen LogP contribution in [0.2, 0.25) is 0 Å². The van der Waals surface area contributed by atoms with Gasteiger partial charge < -0.3 is 20.1 Å². The second kappa shape index (κ2) is 9.36. The van der Waals surface area contributed by atoms with E-state index in [0.717, 1.165) is 69.7 Å². The summed E-state index contributed by atoms with van der Waals surface area (Å²) in [7, 11) is 1.84. The zero-order valence-corrected chi connectivity index (χ0v) is 17.6. The normalized spacial score (nSPS) is 21.0. The van der Waals surface area contributed by atoms with E-state index in [9.17, 15) is 4.79 Å². The summed E-state index contributed by atoms with van der Waals surface area (Å²) in [5, 5.41) is 15.0. The smallest absolute Gasteiger partial charge is 0.234 e. The molecule has 0 aliphatic carbocycles. The van der Waals surface area contributed by atoms with Crippen LogP contribution in [0.1, 0.15) is 31.9 Å². The first kappa shape index (κ1) is 20.6. The second-order valence-electron chi connectivity index (χ2n) is 8.09. The molecular formula is C19H34N8O. The van der Waals surface area contributed by atoms with Crippen molar-refractivity contribution in [3.63, 3.8) is 0 Å². The summed E-state index contributed by atoms with van der Waals surface area (Å²) in [6.07, 6.45) is 2.11. The highest BCUT2D eigenvalue weighted by Gasteiger charge is 2.24.